The van der Waals surface area contributed by atoms with Gasteiger partial charge in [0.15, 0.2) is 5.78 Å². The smallest absolute Gasteiger partial charge is 0.251 e. The molecule has 0 bridgehead atoms. The number of carbonyl (C=O) groups is 2. The Morgan fingerprint density at radius 1 is 1.06 bits per heavy atom. The Hall–Kier alpha value is -2.92. The van der Waals surface area contributed by atoms with Gasteiger partial charge >= 0.3 is 0 Å². The Labute approximate surface area is 218 Å². The van der Waals surface area contributed by atoms with Gasteiger partial charge in [0.25, 0.3) is 5.91 Å². The minimum absolute atomic E-state index is 0. The van der Waals surface area contributed by atoms with Gasteiger partial charge in [-0.05, 0) is 56.4 Å². The number of rotatable bonds is 11. The number of amides is 1. The summed E-state index contributed by atoms with van der Waals surface area (Å²) in [7, 11) is 2.09. The molecule has 2 N–H and O–H groups in total. The summed E-state index contributed by atoms with van der Waals surface area (Å²) >= 11 is 0. The van der Waals surface area contributed by atoms with Crippen molar-refractivity contribution in [2.75, 3.05) is 26.7 Å². The third-order valence-corrected chi connectivity index (χ3v) is 5.99. The molecule has 2 rings (SSSR count). The van der Waals surface area contributed by atoms with Crippen LogP contribution in [0, 0.1) is 19.8 Å². The van der Waals surface area contributed by atoms with Gasteiger partial charge in [-0.15, -0.1) is 0 Å². The zero-order chi connectivity index (χ0) is 26.4. The lowest BCUT2D eigenvalue weighted by Crippen LogP contribution is -2.35. The average molecular weight is 497 g/mol. The number of hydrogen-bond acceptors (Lipinski definition) is 4. The number of aryl methyl sites for hydroxylation is 1. The van der Waals surface area contributed by atoms with Crippen molar-refractivity contribution in [3.8, 4) is 0 Å². The van der Waals surface area contributed by atoms with E-state index in [1.165, 1.54) is 31.2 Å². The lowest BCUT2D eigenvalue weighted by molar-refractivity contribution is 0.0943. The fourth-order valence-electron chi connectivity index (χ4n) is 4.09. The van der Waals surface area contributed by atoms with Crippen molar-refractivity contribution in [2.24, 2.45) is 5.92 Å². The van der Waals surface area contributed by atoms with Crippen LogP contribution in [0.3, 0.4) is 0 Å². The van der Waals surface area contributed by atoms with Crippen LogP contribution >= 0.6 is 0 Å². The molecule has 5 heteroatoms. The zero-order valence-electron chi connectivity index (χ0n) is 22.5. The molecule has 0 aliphatic carbocycles. The number of nitrogens with one attached hydrogen (secondary N) is 1. The van der Waals surface area contributed by atoms with Gasteiger partial charge in [-0.3, -0.25) is 9.59 Å². The second kappa shape index (κ2) is 17.5. The van der Waals surface area contributed by atoms with Crippen LogP contribution < -0.4 is 15.8 Å². The van der Waals surface area contributed by atoms with Crippen LogP contribution in [0.5, 0.6) is 0 Å². The fourth-order valence-corrected chi connectivity index (χ4v) is 4.09. The van der Waals surface area contributed by atoms with Crippen molar-refractivity contribution >= 4 is 24.5 Å². The summed E-state index contributed by atoms with van der Waals surface area (Å²) in [5.74, 6) is 0.666. The summed E-state index contributed by atoms with van der Waals surface area (Å²) in [6, 6.07) is 11.3. The van der Waals surface area contributed by atoms with Crippen molar-refractivity contribution in [1.82, 2.24) is 10.2 Å². The van der Waals surface area contributed by atoms with Crippen molar-refractivity contribution in [3.05, 3.63) is 69.1 Å². The number of ketones is 1. The molecule has 0 saturated carbocycles. The van der Waals surface area contributed by atoms with E-state index in [2.05, 4.69) is 43.9 Å². The third kappa shape index (κ3) is 11.2. The van der Waals surface area contributed by atoms with Crippen LogP contribution in [0.4, 0.5) is 0 Å². The summed E-state index contributed by atoms with van der Waals surface area (Å²) < 4.78 is 0. The monoisotopic (exact) mass is 496 g/mol. The number of benzene rings is 2. The summed E-state index contributed by atoms with van der Waals surface area (Å²) in [5, 5.41) is 13.5. The molecule has 0 atom stereocenters. The van der Waals surface area contributed by atoms with Gasteiger partial charge in [-0.2, -0.15) is 0 Å². The van der Waals surface area contributed by atoms with Gasteiger partial charge in [-0.1, -0.05) is 76.6 Å². The Bertz CT molecular complexity index is 1040. The van der Waals surface area contributed by atoms with E-state index in [4.69, 9.17) is 5.11 Å². The molecular formula is C31H48N2O3. The molecule has 0 heterocycles. The van der Waals surface area contributed by atoms with E-state index < -0.39 is 0 Å². The molecule has 5 nitrogen and oxygen atoms in total. The maximum atomic E-state index is 12.3. The Balaban J connectivity index is 0.000000930. The minimum Gasteiger partial charge on any atom is -0.395 e. The van der Waals surface area contributed by atoms with Gasteiger partial charge < -0.3 is 15.3 Å². The number of carbonyl (C=O) groups excluding carboxylic acids is 2. The Morgan fingerprint density at radius 2 is 1.64 bits per heavy atom. The molecule has 0 aliphatic heterocycles. The van der Waals surface area contributed by atoms with E-state index in [1.807, 2.05) is 44.2 Å². The second-order valence-corrected chi connectivity index (χ2v) is 9.22. The molecule has 2 aromatic carbocycles. The Kier molecular flexibility index (Phi) is 16.1. The minimum atomic E-state index is -0.154. The predicted molar refractivity (Wildman–Crippen MR) is 154 cm³/mol. The fraction of sp³-hybridized carbons (Fsp3) is 0.484. The molecule has 36 heavy (non-hydrogen) atoms. The SMILES string of the molecule is C.C=c1ccc(C(=O)NCCO)c(C)/c1=C/N(C)CC(CCC)CCC.CC(=O)c1ccc(C)cc1. The van der Waals surface area contributed by atoms with Gasteiger partial charge in [0.1, 0.15) is 0 Å². The van der Waals surface area contributed by atoms with E-state index >= 15 is 0 Å². The molecule has 2 aromatic rings. The quantitative estimate of drug-likeness (QED) is 0.437. The van der Waals surface area contributed by atoms with Crippen molar-refractivity contribution in [1.29, 1.82) is 0 Å². The van der Waals surface area contributed by atoms with E-state index in [0.29, 0.717) is 11.5 Å². The number of aliphatic hydroxyl groups excluding tert-OH is 1. The first-order valence-electron chi connectivity index (χ1n) is 12.6. The highest BCUT2D eigenvalue weighted by atomic mass is 16.3. The highest BCUT2D eigenvalue weighted by Crippen LogP contribution is 2.14. The van der Waals surface area contributed by atoms with E-state index in [0.717, 1.165) is 28.1 Å². The van der Waals surface area contributed by atoms with Gasteiger partial charge in [0.05, 0.1) is 6.61 Å². The molecule has 0 unspecified atom stereocenters. The first-order valence-corrected chi connectivity index (χ1v) is 12.6. The van der Waals surface area contributed by atoms with Gasteiger partial charge in [-0.25, -0.2) is 0 Å². The number of aliphatic hydroxyl groups is 1. The van der Waals surface area contributed by atoms with Crippen molar-refractivity contribution in [2.45, 2.75) is 67.7 Å². The normalized spacial score (nSPS) is 10.8. The van der Waals surface area contributed by atoms with E-state index in [9.17, 15) is 9.59 Å². The van der Waals surface area contributed by atoms with Gasteiger partial charge in [0.2, 0.25) is 0 Å². The zero-order valence-corrected chi connectivity index (χ0v) is 22.5. The lowest BCUT2D eigenvalue weighted by atomic mass is 9.98. The third-order valence-electron chi connectivity index (χ3n) is 5.99. The van der Waals surface area contributed by atoms with Crippen LogP contribution in [0.2, 0.25) is 0 Å². The average Bonchev–Trinajstić information content (AvgIpc) is 2.81. The molecule has 0 aliphatic rings. The standard InChI is InChI=1S/C21H34N2O2.C9H10O.CH4/c1-6-8-18(9-7-2)14-23(5)15-20-16(3)10-11-19(17(20)4)21(25)22-12-13-24;1-7-3-5-9(6-4-7)8(2)10;/h10-11,15,18,24H,3,6-9,12-14H2,1-2,4-5H3,(H,22,25);3-6H,1-2H3;1H4/b20-15+;;. The Morgan fingerprint density at radius 3 is 2.14 bits per heavy atom. The molecular weight excluding hydrogens is 448 g/mol. The predicted octanol–water partition coefficient (Wildman–Crippen LogP) is 4.85. The second-order valence-electron chi connectivity index (χ2n) is 9.22. The molecule has 0 spiro atoms. The highest BCUT2D eigenvalue weighted by Gasteiger charge is 2.11. The first-order chi connectivity index (χ1) is 16.6. The summed E-state index contributed by atoms with van der Waals surface area (Å²) in [4.78, 5) is 25.2. The number of nitrogens with zero attached hydrogens (tertiary/aromatic N) is 1. The van der Waals surface area contributed by atoms with E-state index in [-0.39, 0.29) is 32.3 Å². The van der Waals surface area contributed by atoms with Crippen LogP contribution in [0.1, 0.15) is 85.7 Å². The maximum absolute atomic E-state index is 12.3. The molecule has 0 fully saturated rings. The highest BCUT2D eigenvalue weighted by molar-refractivity contribution is 5.95. The van der Waals surface area contributed by atoms with Crippen LogP contribution in [0.15, 0.2) is 36.4 Å². The summed E-state index contributed by atoms with van der Waals surface area (Å²) in [6.07, 6.45) is 7.01. The summed E-state index contributed by atoms with van der Waals surface area (Å²) in [6.45, 7) is 15.3. The van der Waals surface area contributed by atoms with E-state index in [1.54, 1.807) is 13.0 Å². The van der Waals surface area contributed by atoms with Crippen LogP contribution in [0.25, 0.3) is 12.8 Å². The van der Waals surface area contributed by atoms with Gasteiger partial charge in [0, 0.05) is 42.7 Å². The number of hydrogen-bond donors (Lipinski definition) is 2. The largest absolute Gasteiger partial charge is 0.395 e. The van der Waals surface area contributed by atoms with Crippen molar-refractivity contribution < 1.29 is 14.7 Å². The maximum Gasteiger partial charge on any atom is 0.251 e. The van der Waals surface area contributed by atoms with Crippen LogP contribution in [-0.4, -0.2) is 48.4 Å². The topological polar surface area (TPSA) is 69.6 Å². The summed E-state index contributed by atoms with van der Waals surface area (Å²) in [5.41, 5.74) is 3.53. The molecule has 1 amide bonds. The number of Topliss-reactive ketones (excluding diaryl/α,β-unsaturated/α-hetero) is 1. The molecule has 0 radical (unpaired) electrons. The molecule has 200 valence electrons. The first kappa shape index (κ1) is 33.1. The van der Waals surface area contributed by atoms with Crippen molar-refractivity contribution in [3.63, 3.8) is 0 Å². The molecule has 0 aromatic heterocycles. The molecule has 0 saturated heterocycles. The lowest BCUT2D eigenvalue weighted by Gasteiger charge is -2.22. The van der Waals surface area contributed by atoms with Crippen LogP contribution in [-0.2, 0) is 0 Å².